The van der Waals surface area contributed by atoms with E-state index >= 15 is 0 Å². The Hall–Kier alpha value is -0.300. The highest BCUT2D eigenvalue weighted by molar-refractivity contribution is 4.84. The van der Waals surface area contributed by atoms with Crippen molar-refractivity contribution in [2.45, 2.75) is 25.8 Å². The van der Waals surface area contributed by atoms with Crippen molar-refractivity contribution in [1.82, 2.24) is 4.90 Å². The normalized spacial score (nSPS) is 13.8. The predicted molar refractivity (Wildman–Crippen MR) is 42.6 cm³/mol. The van der Waals surface area contributed by atoms with Crippen molar-refractivity contribution in [1.29, 1.82) is 0 Å². The summed E-state index contributed by atoms with van der Waals surface area (Å²) in [5.41, 5.74) is 0. The van der Waals surface area contributed by atoms with E-state index in [1.807, 2.05) is 6.08 Å². The smallest absolute Gasteiger partial charge is 0.0269 e. The van der Waals surface area contributed by atoms with E-state index in [4.69, 9.17) is 0 Å². The first kappa shape index (κ1) is 8.70. The van der Waals surface area contributed by atoms with Crippen LogP contribution in [0.3, 0.4) is 0 Å². The maximum absolute atomic E-state index is 3.76. The van der Waals surface area contributed by atoms with Crippen molar-refractivity contribution in [3.63, 3.8) is 0 Å². The molecule has 0 aromatic rings. The molecule has 1 heteroatoms. The quantitative estimate of drug-likeness (QED) is 0.521. The van der Waals surface area contributed by atoms with E-state index in [1.54, 1.807) is 0 Å². The third-order valence-corrected chi connectivity index (χ3v) is 1.52. The van der Waals surface area contributed by atoms with Gasteiger partial charge in [0.25, 0.3) is 0 Å². The Bertz CT molecular complexity index is 76.6. The van der Waals surface area contributed by atoms with E-state index in [2.05, 4.69) is 32.5 Å². The first-order chi connectivity index (χ1) is 4.22. The molecule has 1 unspecified atom stereocenters. The fourth-order valence-corrected chi connectivity index (χ4v) is 0.883. The fourth-order valence-electron chi connectivity index (χ4n) is 0.883. The Labute approximate surface area is 58.4 Å². The summed E-state index contributed by atoms with van der Waals surface area (Å²) in [6.07, 6.45) is 4.45. The lowest BCUT2D eigenvalue weighted by Gasteiger charge is -2.19. The highest BCUT2D eigenvalue weighted by atomic mass is 15.1. The molecule has 0 rings (SSSR count). The SMILES string of the molecule is C=CC(CCC)N(C)C. The maximum atomic E-state index is 3.76. The van der Waals surface area contributed by atoms with Gasteiger partial charge in [-0.3, -0.25) is 0 Å². The Balaban J connectivity index is 3.54. The van der Waals surface area contributed by atoms with Crippen molar-refractivity contribution in [2.24, 2.45) is 0 Å². The van der Waals surface area contributed by atoms with Crippen LogP contribution in [0.15, 0.2) is 12.7 Å². The second-order valence-electron chi connectivity index (χ2n) is 2.56. The van der Waals surface area contributed by atoms with Crippen LogP contribution in [0.5, 0.6) is 0 Å². The molecule has 1 atom stereocenters. The zero-order valence-electron chi connectivity index (χ0n) is 6.72. The Morgan fingerprint density at radius 1 is 1.56 bits per heavy atom. The zero-order chi connectivity index (χ0) is 7.28. The molecule has 0 radical (unpaired) electrons. The maximum Gasteiger partial charge on any atom is 0.0269 e. The van der Waals surface area contributed by atoms with E-state index in [9.17, 15) is 0 Å². The molecule has 0 aliphatic rings. The molecule has 0 saturated heterocycles. The van der Waals surface area contributed by atoms with Gasteiger partial charge in [0, 0.05) is 6.04 Å². The summed E-state index contributed by atoms with van der Waals surface area (Å²) in [5, 5.41) is 0. The molecule has 0 amide bonds. The van der Waals surface area contributed by atoms with Crippen LogP contribution in [-0.4, -0.2) is 25.0 Å². The van der Waals surface area contributed by atoms with E-state index in [0.29, 0.717) is 6.04 Å². The summed E-state index contributed by atoms with van der Waals surface area (Å²) in [7, 11) is 4.17. The molecule has 0 saturated carbocycles. The van der Waals surface area contributed by atoms with Gasteiger partial charge in [-0.25, -0.2) is 0 Å². The van der Waals surface area contributed by atoms with Crippen molar-refractivity contribution >= 4 is 0 Å². The van der Waals surface area contributed by atoms with Crippen molar-refractivity contribution in [3.05, 3.63) is 12.7 Å². The lowest BCUT2D eigenvalue weighted by molar-refractivity contribution is 0.326. The Kier molecular flexibility index (Phi) is 4.41. The lowest BCUT2D eigenvalue weighted by Crippen LogP contribution is -2.25. The second-order valence-corrected chi connectivity index (χ2v) is 2.56. The molecule has 0 bridgehead atoms. The van der Waals surface area contributed by atoms with Gasteiger partial charge in [0.2, 0.25) is 0 Å². The zero-order valence-corrected chi connectivity index (χ0v) is 6.72. The summed E-state index contributed by atoms with van der Waals surface area (Å²) in [6.45, 7) is 5.95. The van der Waals surface area contributed by atoms with Gasteiger partial charge in [-0.1, -0.05) is 19.4 Å². The molecule has 0 N–H and O–H groups in total. The van der Waals surface area contributed by atoms with Gasteiger partial charge in [0.1, 0.15) is 0 Å². The van der Waals surface area contributed by atoms with Gasteiger partial charge < -0.3 is 4.90 Å². The molecular formula is C8H17N. The first-order valence-electron chi connectivity index (χ1n) is 3.51. The Morgan fingerprint density at radius 3 is 2.22 bits per heavy atom. The third-order valence-electron chi connectivity index (χ3n) is 1.52. The Morgan fingerprint density at radius 2 is 2.11 bits per heavy atom. The molecule has 0 aliphatic heterocycles. The minimum absolute atomic E-state index is 0.565. The second kappa shape index (κ2) is 4.57. The molecule has 0 aliphatic carbocycles. The van der Waals surface area contributed by atoms with Crippen LogP contribution in [-0.2, 0) is 0 Å². The van der Waals surface area contributed by atoms with Crippen LogP contribution in [0.1, 0.15) is 19.8 Å². The van der Waals surface area contributed by atoms with E-state index in [0.717, 1.165) is 0 Å². The number of hydrogen-bond acceptors (Lipinski definition) is 1. The summed E-state index contributed by atoms with van der Waals surface area (Å²) < 4.78 is 0. The molecule has 0 aromatic heterocycles. The first-order valence-corrected chi connectivity index (χ1v) is 3.51. The van der Waals surface area contributed by atoms with Crippen LogP contribution in [0.25, 0.3) is 0 Å². The highest BCUT2D eigenvalue weighted by Gasteiger charge is 2.02. The topological polar surface area (TPSA) is 3.24 Å². The molecule has 0 spiro atoms. The largest absolute Gasteiger partial charge is 0.303 e. The minimum Gasteiger partial charge on any atom is -0.303 e. The number of hydrogen-bond donors (Lipinski definition) is 0. The lowest BCUT2D eigenvalue weighted by atomic mass is 10.1. The van der Waals surface area contributed by atoms with Crippen LogP contribution in [0.4, 0.5) is 0 Å². The number of nitrogens with zero attached hydrogens (tertiary/aromatic N) is 1. The predicted octanol–water partition coefficient (Wildman–Crippen LogP) is 1.90. The van der Waals surface area contributed by atoms with Crippen molar-refractivity contribution in [3.8, 4) is 0 Å². The number of rotatable bonds is 4. The van der Waals surface area contributed by atoms with Crippen molar-refractivity contribution < 1.29 is 0 Å². The van der Waals surface area contributed by atoms with E-state index in [1.165, 1.54) is 12.8 Å². The standard InChI is InChI=1S/C8H17N/c1-5-7-8(6-2)9(3)4/h6,8H,2,5,7H2,1,3-4H3. The summed E-state index contributed by atoms with van der Waals surface area (Å²) >= 11 is 0. The third kappa shape index (κ3) is 3.31. The molecule has 9 heavy (non-hydrogen) atoms. The van der Waals surface area contributed by atoms with E-state index < -0.39 is 0 Å². The van der Waals surface area contributed by atoms with Gasteiger partial charge in [0.05, 0.1) is 0 Å². The van der Waals surface area contributed by atoms with Crippen LogP contribution in [0, 0.1) is 0 Å². The molecule has 0 heterocycles. The van der Waals surface area contributed by atoms with Crippen LogP contribution in [0.2, 0.25) is 0 Å². The average Bonchev–Trinajstić information content (AvgIpc) is 1.82. The van der Waals surface area contributed by atoms with Gasteiger partial charge in [-0.15, -0.1) is 6.58 Å². The molecular weight excluding hydrogens is 110 g/mol. The average molecular weight is 127 g/mol. The van der Waals surface area contributed by atoms with Crippen molar-refractivity contribution in [2.75, 3.05) is 14.1 Å². The summed E-state index contributed by atoms with van der Waals surface area (Å²) in [6, 6.07) is 0.565. The highest BCUT2D eigenvalue weighted by Crippen LogP contribution is 2.02. The molecule has 1 nitrogen and oxygen atoms in total. The molecule has 0 aromatic carbocycles. The monoisotopic (exact) mass is 127 g/mol. The molecule has 54 valence electrons. The van der Waals surface area contributed by atoms with Gasteiger partial charge in [-0.05, 0) is 20.5 Å². The number of likely N-dealkylation sites (N-methyl/N-ethyl adjacent to an activating group) is 1. The van der Waals surface area contributed by atoms with Gasteiger partial charge >= 0.3 is 0 Å². The van der Waals surface area contributed by atoms with Crippen LogP contribution < -0.4 is 0 Å². The van der Waals surface area contributed by atoms with E-state index in [-0.39, 0.29) is 0 Å². The van der Waals surface area contributed by atoms with Gasteiger partial charge in [0.15, 0.2) is 0 Å². The molecule has 0 fully saturated rings. The minimum atomic E-state index is 0.565. The fraction of sp³-hybridized carbons (Fsp3) is 0.750. The van der Waals surface area contributed by atoms with Crippen LogP contribution >= 0.6 is 0 Å². The van der Waals surface area contributed by atoms with Gasteiger partial charge in [-0.2, -0.15) is 0 Å². The summed E-state index contributed by atoms with van der Waals surface area (Å²) in [4.78, 5) is 2.19. The summed E-state index contributed by atoms with van der Waals surface area (Å²) in [5.74, 6) is 0.